The number of aromatic nitrogens is 1. The zero-order chi connectivity index (χ0) is 24.1. The minimum atomic E-state index is -0.653. The molecule has 0 spiro atoms. The number of benzene rings is 3. The third-order valence-electron chi connectivity index (χ3n) is 6.19. The molecule has 5 aromatic rings. The molecule has 1 atom stereocenters. The van der Waals surface area contributed by atoms with Crippen molar-refractivity contribution < 1.29 is 13.9 Å². The molecule has 2 aromatic heterocycles. The van der Waals surface area contributed by atoms with Crippen LogP contribution in [0.1, 0.15) is 46.6 Å². The molecule has 3 heterocycles. The molecule has 7 heteroatoms. The molecule has 0 fully saturated rings. The molecule has 1 aliphatic rings. The van der Waals surface area contributed by atoms with Crippen LogP contribution in [0, 0.1) is 6.92 Å². The van der Waals surface area contributed by atoms with Crippen LogP contribution in [0.4, 0.5) is 5.13 Å². The number of para-hydroxylation sites is 1. The summed E-state index contributed by atoms with van der Waals surface area (Å²) in [6, 6.07) is 19.9. The lowest BCUT2D eigenvalue weighted by Gasteiger charge is -2.22. The van der Waals surface area contributed by atoms with Crippen molar-refractivity contribution in [3.63, 3.8) is 0 Å². The number of aryl methyl sites for hydroxylation is 1. The van der Waals surface area contributed by atoms with Gasteiger partial charge >= 0.3 is 0 Å². The largest absolute Gasteiger partial charge is 0.494 e. The van der Waals surface area contributed by atoms with Gasteiger partial charge in [0.1, 0.15) is 11.3 Å². The summed E-state index contributed by atoms with van der Waals surface area (Å²) < 4.78 is 12.7. The Labute approximate surface area is 205 Å². The van der Waals surface area contributed by atoms with E-state index in [0.717, 1.165) is 33.5 Å². The summed E-state index contributed by atoms with van der Waals surface area (Å²) in [5.41, 5.74) is 3.25. The van der Waals surface area contributed by atoms with Crippen LogP contribution >= 0.6 is 11.3 Å². The second-order valence-electron chi connectivity index (χ2n) is 8.63. The number of rotatable bonds is 5. The highest BCUT2D eigenvalue weighted by Crippen LogP contribution is 2.43. The van der Waals surface area contributed by atoms with Crippen LogP contribution < -0.4 is 15.1 Å². The normalized spacial score (nSPS) is 15.2. The van der Waals surface area contributed by atoms with Gasteiger partial charge in [-0.2, -0.15) is 0 Å². The first-order valence-electron chi connectivity index (χ1n) is 11.5. The van der Waals surface area contributed by atoms with Gasteiger partial charge in [-0.05, 0) is 60.9 Å². The minimum absolute atomic E-state index is 0.0699. The van der Waals surface area contributed by atoms with Gasteiger partial charge in [0, 0.05) is 0 Å². The van der Waals surface area contributed by atoms with Gasteiger partial charge in [0.05, 0.1) is 33.8 Å². The molecule has 0 N–H and O–H groups in total. The predicted molar refractivity (Wildman–Crippen MR) is 138 cm³/mol. The molecule has 6 nitrogen and oxygen atoms in total. The number of amides is 1. The molecule has 6 rings (SSSR count). The Bertz CT molecular complexity index is 1650. The van der Waals surface area contributed by atoms with E-state index in [1.165, 1.54) is 11.3 Å². The maximum Gasteiger partial charge on any atom is 0.297 e. The highest BCUT2D eigenvalue weighted by atomic mass is 32.1. The predicted octanol–water partition coefficient (Wildman–Crippen LogP) is 6.25. The molecule has 1 amide bonds. The van der Waals surface area contributed by atoms with Crippen molar-refractivity contribution in [3.05, 3.63) is 99.4 Å². The Balaban J connectivity index is 1.56. The summed E-state index contributed by atoms with van der Waals surface area (Å²) in [5.74, 6) is 0.447. The Morgan fingerprint density at radius 1 is 1.06 bits per heavy atom. The second-order valence-corrected chi connectivity index (χ2v) is 9.64. The zero-order valence-electron chi connectivity index (χ0n) is 19.3. The number of ether oxygens (including phenoxy) is 1. The maximum absolute atomic E-state index is 13.8. The van der Waals surface area contributed by atoms with Gasteiger partial charge in [0.2, 0.25) is 5.76 Å². The van der Waals surface area contributed by atoms with Gasteiger partial charge in [-0.1, -0.05) is 48.6 Å². The number of hydrogen-bond acceptors (Lipinski definition) is 6. The summed E-state index contributed by atoms with van der Waals surface area (Å²) in [6.07, 6.45) is 0.908. The third kappa shape index (κ3) is 3.51. The number of carbonyl (C=O) groups excluding carboxylic acids is 1. The second kappa shape index (κ2) is 8.36. The summed E-state index contributed by atoms with van der Waals surface area (Å²) in [6.45, 7) is 4.70. The number of thiazole rings is 1. The standard InChI is InChI=1S/C28H22N2O4S/c1-3-14-33-18-11-9-17(10-12-18)24-23-25(31)19-6-4-5-7-21(19)34-26(23)27(32)30(24)28-29-20-13-8-16(2)15-22(20)35-28/h4-13,15,24H,3,14H2,1-2H3/t24-/m1/s1. The Hall–Kier alpha value is -3.97. The van der Waals surface area contributed by atoms with E-state index >= 15 is 0 Å². The van der Waals surface area contributed by atoms with Crippen molar-refractivity contribution in [2.24, 2.45) is 0 Å². The fourth-order valence-electron chi connectivity index (χ4n) is 4.52. The highest BCUT2D eigenvalue weighted by molar-refractivity contribution is 7.22. The van der Waals surface area contributed by atoms with Crippen LogP contribution in [-0.2, 0) is 0 Å². The van der Waals surface area contributed by atoms with Crippen LogP contribution in [0.25, 0.3) is 21.2 Å². The van der Waals surface area contributed by atoms with Crippen molar-refractivity contribution in [2.75, 3.05) is 11.5 Å². The molecule has 0 saturated heterocycles. The van der Waals surface area contributed by atoms with Crippen molar-refractivity contribution in [3.8, 4) is 5.75 Å². The van der Waals surface area contributed by atoms with Gasteiger partial charge in [-0.3, -0.25) is 14.5 Å². The molecule has 0 bridgehead atoms. The van der Waals surface area contributed by atoms with E-state index in [1.807, 2.05) is 43.3 Å². The van der Waals surface area contributed by atoms with Gasteiger partial charge in [0.25, 0.3) is 5.91 Å². The van der Waals surface area contributed by atoms with Gasteiger partial charge in [0.15, 0.2) is 10.6 Å². The summed E-state index contributed by atoms with van der Waals surface area (Å²) in [4.78, 5) is 33.8. The first kappa shape index (κ1) is 21.6. The molecule has 0 radical (unpaired) electrons. The first-order valence-corrected chi connectivity index (χ1v) is 12.4. The van der Waals surface area contributed by atoms with E-state index < -0.39 is 6.04 Å². The quantitative estimate of drug-likeness (QED) is 0.296. The lowest BCUT2D eigenvalue weighted by Crippen LogP contribution is -2.29. The SMILES string of the molecule is CCCOc1ccc([C@@H]2c3c(oc4ccccc4c3=O)C(=O)N2c2nc3ccc(C)cc3s2)cc1. The van der Waals surface area contributed by atoms with E-state index in [1.54, 1.807) is 29.2 Å². The number of fused-ring (bicyclic) bond motifs is 3. The number of anilines is 1. The highest BCUT2D eigenvalue weighted by Gasteiger charge is 2.45. The molecule has 35 heavy (non-hydrogen) atoms. The lowest BCUT2D eigenvalue weighted by atomic mass is 9.98. The molecule has 3 aromatic carbocycles. The fourth-order valence-corrected chi connectivity index (χ4v) is 5.61. The van der Waals surface area contributed by atoms with Crippen LogP contribution in [0.15, 0.2) is 75.9 Å². The smallest absolute Gasteiger partial charge is 0.297 e. The van der Waals surface area contributed by atoms with Gasteiger partial charge < -0.3 is 9.15 Å². The number of carbonyl (C=O) groups is 1. The maximum atomic E-state index is 13.8. The van der Waals surface area contributed by atoms with Crippen LogP contribution in [-0.4, -0.2) is 17.5 Å². The summed E-state index contributed by atoms with van der Waals surface area (Å²) >= 11 is 1.43. The van der Waals surface area contributed by atoms with Crippen molar-refractivity contribution >= 4 is 43.6 Å². The molecule has 174 valence electrons. The van der Waals surface area contributed by atoms with Gasteiger partial charge in [-0.15, -0.1) is 0 Å². The van der Waals surface area contributed by atoms with Crippen LogP contribution in [0.2, 0.25) is 0 Å². The Morgan fingerprint density at radius 3 is 2.66 bits per heavy atom. The zero-order valence-corrected chi connectivity index (χ0v) is 20.1. The Kier molecular flexibility index (Phi) is 5.15. The van der Waals surface area contributed by atoms with Crippen molar-refractivity contribution in [1.82, 2.24) is 4.98 Å². The summed E-state index contributed by atoms with van der Waals surface area (Å²) in [7, 11) is 0. The lowest BCUT2D eigenvalue weighted by molar-refractivity contribution is 0.0971. The third-order valence-corrected chi connectivity index (χ3v) is 7.20. The van der Waals surface area contributed by atoms with Crippen LogP contribution in [0.5, 0.6) is 5.75 Å². The number of hydrogen-bond donors (Lipinski definition) is 0. The van der Waals surface area contributed by atoms with Gasteiger partial charge in [-0.25, -0.2) is 4.98 Å². The molecule has 0 saturated carbocycles. The minimum Gasteiger partial charge on any atom is -0.494 e. The first-order chi connectivity index (χ1) is 17.0. The molecule has 1 aliphatic heterocycles. The molecular weight excluding hydrogens is 460 g/mol. The van der Waals surface area contributed by atoms with E-state index in [4.69, 9.17) is 14.1 Å². The molecular formula is C28H22N2O4S. The van der Waals surface area contributed by atoms with Crippen LogP contribution in [0.3, 0.4) is 0 Å². The van der Waals surface area contributed by atoms with Crippen molar-refractivity contribution in [2.45, 2.75) is 26.3 Å². The number of nitrogens with zero attached hydrogens (tertiary/aromatic N) is 2. The monoisotopic (exact) mass is 482 g/mol. The molecule has 0 aliphatic carbocycles. The summed E-state index contributed by atoms with van der Waals surface area (Å²) in [5, 5.41) is 0.982. The van der Waals surface area contributed by atoms with E-state index in [9.17, 15) is 9.59 Å². The average Bonchev–Trinajstić information content (AvgIpc) is 3.41. The van der Waals surface area contributed by atoms with Crippen molar-refractivity contribution in [1.29, 1.82) is 0 Å². The van der Waals surface area contributed by atoms with E-state index in [2.05, 4.69) is 13.0 Å². The Morgan fingerprint density at radius 2 is 1.86 bits per heavy atom. The molecule has 0 unspecified atom stereocenters. The van der Waals surface area contributed by atoms with E-state index in [-0.39, 0.29) is 17.1 Å². The topological polar surface area (TPSA) is 72.6 Å². The fraction of sp³-hybridized carbons (Fsp3) is 0.179. The van der Waals surface area contributed by atoms with E-state index in [0.29, 0.717) is 28.3 Å². The average molecular weight is 483 g/mol.